The number of halogens is 4. The average Bonchev–Trinajstić information content (AvgIpc) is 2.96. The molecular weight excluding hydrogens is 367 g/mol. The van der Waals surface area contributed by atoms with Crippen molar-refractivity contribution in [3.05, 3.63) is 64.8 Å². The van der Waals surface area contributed by atoms with Gasteiger partial charge in [0, 0.05) is 35.9 Å². The third kappa shape index (κ3) is 3.94. The fourth-order valence-corrected chi connectivity index (χ4v) is 2.65. The lowest BCUT2D eigenvalue weighted by molar-refractivity contribution is -0.143. The molecule has 2 aromatic carbocycles. The summed E-state index contributed by atoms with van der Waals surface area (Å²) in [5, 5.41) is 17.8. The van der Waals surface area contributed by atoms with Crippen LogP contribution in [0.25, 0.3) is 11.3 Å². The highest BCUT2D eigenvalue weighted by Crippen LogP contribution is 2.35. The van der Waals surface area contributed by atoms with Crippen molar-refractivity contribution in [1.82, 2.24) is 9.78 Å². The summed E-state index contributed by atoms with van der Waals surface area (Å²) in [7, 11) is 1.21. The molecule has 8 heteroatoms. The van der Waals surface area contributed by atoms with Crippen molar-refractivity contribution < 1.29 is 18.3 Å². The van der Waals surface area contributed by atoms with E-state index in [0.717, 1.165) is 16.3 Å². The van der Waals surface area contributed by atoms with Gasteiger partial charge >= 0.3 is 6.18 Å². The Morgan fingerprint density at radius 2 is 1.81 bits per heavy atom. The van der Waals surface area contributed by atoms with E-state index in [4.69, 9.17) is 11.6 Å². The minimum atomic E-state index is -4.50. The van der Waals surface area contributed by atoms with E-state index in [9.17, 15) is 18.3 Å². The molecule has 0 bridgehead atoms. The van der Waals surface area contributed by atoms with E-state index < -0.39 is 11.9 Å². The lowest BCUT2D eigenvalue weighted by atomic mass is 10.1. The fourth-order valence-electron chi connectivity index (χ4n) is 2.53. The van der Waals surface area contributed by atoms with E-state index in [2.05, 4.69) is 10.4 Å². The molecule has 0 fully saturated rings. The first-order valence-electron chi connectivity index (χ1n) is 7.67. The van der Waals surface area contributed by atoms with Crippen molar-refractivity contribution in [2.75, 3.05) is 5.32 Å². The minimum absolute atomic E-state index is 0.0570. The standard InChI is InChI=1S/C18H15ClF3N3O/c1-25-17(18(20,21)22)9-15(24-25)14-7-6-13(8-16(14)26)23-10-11-2-4-12(19)5-3-11/h2-9,23,26H,10H2,1H3. The second kappa shape index (κ2) is 6.92. The van der Waals surface area contributed by atoms with Gasteiger partial charge in [0.1, 0.15) is 11.4 Å². The summed E-state index contributed by atoms with van der Waals surface area (Å²) in [5.41, 5.74) is 1.04. The fraction of sp³-hybridized carbons (Fsp3) is 0.167. The maximum Gasteiger partial charge on any atom is 0.433 e. The summed E-state index contributed by atoms with van der Waals surface area (Å²) >= 11 is 5.83. The number of alkyl halides is 3. The summed E-state index contributed by atoms with van der Waals surface area (Å²) in [6.07, 6.45) is -4.50. The Morgan fingerprint density at radius 3 is 2.38 bits per heavy atom. The van der Waals surface area contributed by atoms with Crippen LogP contribution in [0.3, 0.4) is 0 Å². The number of phenols is 1. The van der Waals surface area contributed by atoms with E-state index in [1.807, 2.05) is 12.1 Å². The third-order valence-corrected chi connectivity index (χ3v) is 4.11. The number of rotatable bonds is 4. The Labute approximate surface area is 152 Å². The van der Waals surface area contributed by atoms with Crippen LogP contribution in [0.2, 0.25) is 5.02 Å². The SMILES string of the molecule is Cn1nc(-c2ccc(NCc3ccc(Cl)cc3)cc2O)cc1C(F)(F)F. The Hall–Kier alpha value is -2.67. The molecule has 1 aromatic heterocycles. The molecule has 136 valence electrons. The Balaban J connectivity index is 1.78. The molecule has 0 aliphatic heterocycles. The van der Waals surface area contributed by atoms with E-state index in [1.165, 1.54) is 19.2 Å². The van der Waals surface area contributed by atoms with Gasteiger partial charge in [-0.3, -0.25) is 4.68 Å². The first-order valence-corrected chi connectivity index (χ1v) is 8.05. The van der Waals surface area contributed by atoms with E-state index in [0.29, 0.717) is 17.3 Å². The molecule has 0 radical (unpaired) electrons. The smallest absolute Gasteiger partial charge is 0.433 e. The highest BCUT2D eigenvalue weighted by molar-refractivity contribution is 6.30. The van der Waals surface area contributed by atoms with Gasteiger partial charge in [0.2, 0.25) is 0 Å². The Morgan fingerprint density at radius 1 is 1.12 bits per heavy atom. The maximum atomic E-state index is 12.9. The molecule has 0 aliphatic rings. The Kier molecular flexibility index (Phi) is 4.82. The predicted molar refractivity (Wildman–Crippen MR) is 94.1 cm³/mol. The molecule has 0 aliphatic carbocycles. The highest BCUT2D eigenvalue weighted by Gasteiger charge is 2.35. The van der Waals surface area contributed by atoms with Crippen LogP contribution >= 0.6 is 11.6 Å². The Bertz CT molecular complexity index is 920. The maximum absolute atomic E-state index is 12.9. The van der Waals surface area contributed by atoms with Gasteiger partial charge in [-0.2, -0.15) is 18.3 Å². The van der Waals surface area contributed by atoms with Gasteiger partial charge in [-0.25, -0.2) is 0 Å². The van der Waals surface area contributed by atoms with Crippen LogP contribution < -0.4 is 5.32 Å². The van der Waals surface area contributed by atoms with E-state index in [1.54, 1.807) is 18.2 Å². The molecule has 3 aromatic rings. The minimum Gasteiger partial charge on any atom is -0.507 e. The number of aryl methyl sites for hydroxylation is 1. The molecule has 0 atom stereocenters. The van der Waals surface area contributed by atoms with Gasteiger partial charge in [-0.15, -0.1) is 0 Å². The average molecular weight is 382 g/mol. The van der Waals surface area contributed by atoms with Crippen molar-refractivity contribution in [3.8, 4) is 17.0 Å². The number of anilines is 1. The topological polar surface area (TPSA) is 50.1 Å². The number of nitrogens with zero attached hydrogens (tertiary/aromatic N) is 2. The molecule has 0 unspecified atom stereocenters. The zero-order valence-corrected chi connectivity index (χ0v) is 14.4. The zero-order chi connectivity index (χ0) is 18.9. The second-order valence-electron chi connectivity index (χ2n) is 5.75. The molecule has 1 heterocycles. The number of hydrogen-bond acceptors (Lipinski definition) is 3. The van der Waals surface area contributed by atoms with Crippen LogP contribution in [0.1, 0.15) is 11.3 Å². The second-order valence-corrected chi connectivity index (χ2v) is 6.18. The largest absolute Gasteiger partial charge is 0.507 e. The molecule has 0 spiro atoms. The van der Waals surface area contributed by atoms with Gasteiger partial charge < -0.3 is 10.4 Å². The van der Waals surface area contributed by atoms with Crippen molar-refractivity contribution >= 4 is 17.3 Å². The molecule has 26 heavy (non-hydrogen) atoms. The van der Waals surface area contributed by atoms with Crippen LogP contribution in [-0.2, 0) is 19.8 Å². The van der Waals surface area contributed by atoms with Crippen molar-refractivity contribution in [2.45, 2.75) is 12.7 Å². The molecule has 2 N–H and O–H groups in total. The highest BCUT2D eigenvalue weighted by atomic mass is 35.5. The summed E-state index contributed by atoms with van der Waals surface area (Å²) in [5.74, 6) is -0.155. The van der Waals surface area contributed by atoms with Crippen LogP contribution in [0.5, 0.6) is 5.75 Å². The molecule has 4 nitrogen and oxygen atoms in total. The third-order valence-electron chi connectivity index (χ3n) is 3.85. The summed E-state index contributed by atoms with van der Waals surface area (Å²) < 4.78 is 39.4. The van der Waals surface area contributed by atoms with E-state index >= 15 is 0 Å². The summed E-state index contributed by atoms with van der Waals surface area (Å²) in [6, 6.07) is 12.9. The first kappa shape index (κ1) is 18.1. The molecule has 0 amide bonds. The van der Waals surface area contributed by atoms with Crippen molar-refractivity contribution in [2.24, 2.45) is 7.05 Å². The molecule has 3 rings (SSSR count). The van der Waals surface area contributed by atoms with Crippen LogP contribution in [0, 0.1) is 0 Å². The monoisotopic (exact) mass is 381 g/mol. The zero-order valence-electron chi connectivity index (χ0n) is 13.7. The quantitative estimate of drug-likeness (QED) is 0.662. The number of aromatic nitrogens is 2. The number of phenolic OH excluding ortho intramolecular Hbond substituents is 1. The van der Waals surface area contributed by atoms with Gasteiger partial charge in [0.25, 0.3) is 0 Å². The number of nitrogens with one attached hydrogen (secondary N) is 1. The van der Waals surface area contributed by atoms with E-state index in [-0.39, 0.29) is 17.0 Å². The number of benzene rings is 2. The lowest BCUT2D eigenvalue weighted by Crippen LogP contribution is -2.11. The normalized spacial score (nSPS) is 11.6. The van der Waals surface area contributed by atoms with Crippen molar-refractivity contribution in [3.63, 3.8) is 0 Å². The van der Waals surface area contributed by atoms with Crippen LogP contribution in [-0.4, -0.2) is 14.9 Å². The molecule has 0 saturated heterocycles. The van der Waals surface area contributed by atoms with Gasteiger partial charge in [-0.1, -0.05) is 23.7 Å². The summed E-state index contributed by atoms with van der Waals surface area (Å²) in [6.45, 7) is 0.512. The number of aromatic hydroxyl groups is 1. The van der Waals surface area contributed by atoms with Gasteiger partial charge in [0.05, 0.1) is 5.69 Å². The lowest BCUT2D eigenvalue weighted by Gasteiger charge is -2.09. The summed E-state index contributed by atoms with van der Waals surface area (Å²) in [4.78, 5) is 0. The number of hydrogen-bond donors (Lipinski definition) is 2. The van der Waals surface area contributed by atoms with Crippen molar-refractivity contribution in [1.29, 1.82) is 0 Å². The van der Waals surface area contributed by atoms with Gasteiger partial charge in [0.15, 0.2) is 0 Å². The first-order chi connectivity index (χ1) is 12.2. The van der Waals surface area contributed by atoms with Crippen LogP contribution in [0.15, 0.2) is 48.5 Å². The van der Waals surface area contributed by atoms with Gasteiger partial charge in [-0.05, 0) is 35.9 Å². The molecule has 0 saturated carbocycles. The molecular formula is C18H15ClF3N3O. The van der Waals surface area contributed by atoms with Crippen LogP contribution in [0.4, 0.5) is 18.9 Å². The predicted octanol–water partition coefficient (Wildman–Crippen LogP) is 5.08.